The largest absolute Gasteiger partial charge is 0.356 e. The Morgan fingerprint density at radius 2 is 1.79 bits per heavy atom. The molecule has 0 unspecified atom stereocenters. The maximum atomic E-state index is 12.2. The van der Waals surface area contributed by atoms with E-state index in [1.54, 1.807) is 37.4 Å². The highest BCUT2D eigenvalue weighted by molar-refractivity contribution is 14.0. The summed E-state index contributed by atoms with van der Waals surface area (Å²) in [6, 6.07) is 6.96. The summed E-state index contributed by atoms with van der Waals surface area (Å²) in [5.41, 5.74) is 1.01. The van der Waals surface area contributed by atoms with Gasteiger partial charge in [0.15, 0.2) is 5.96 Å². The number of hydrogen-bond donors (Lipinski definition) is 2. The van der Waals surface area contributed by atoms with Crippen molar-refractivity contribution in [2.45, 2.75) is 12.8 Å². The van der Waals surface area contributed by atoms with Crippen molar-refractivity contribution in [3.63, 3.8) is 0 Å². The van der Waals surface area contributed by atoms with Gasteiger partial charge < -0.3 is 10.6 Å². The number of benzene rings is 1. The lowest BCUT2D eigenvalue weighted by Gasteiger charge is -2.14. The van der Waals surface area contributed by atoms with Crippen molar-refractivity contribution < 1.29 is 9.59 Å². The molecule has 1 heterocycles. The molecule has 0 spiro atoms. The number of halogens is 1. The molecule has 0 atom stereocenters. The van der Waals surface area contributed by atoms with E-state index < -0.39 is 0 Å². The summed E-state index contributed by atoms with van der Waals surface area (Å²) in [5, 5.41) is 6.25. The Bertz CT molecular complexity index is 596. The molecule has 0 radical (unpaired) electrons. The standard InChI is InChI=1S/C17H22N4O2.HI/c1-3-10-19-17(18-2)20-11-6-7-12-21-15(22)13-8-4-5-9-14(13)16(21)23;/h3-5,8-9H,1,6-7,10-12H2,2H3,(H2,18,19,20);1H. The Morgan fingerprint density at radius 3 is 2.33 bits per heavy atom. The van der Waals surface area contributed by atoms with E-state index in [4.69, 9.17) is 0 Å². The van der Waals surface area contributed by atoms with Gasteiger partial charge in [-0.2, -0.15) is 0 Å². The van der Waals surface area contributed by atoms with Gasteiger partial charge in [0, 0.05) is 26.7 Å². The first-order valence-electron chi connectivity index (χ1n) is 7.69. The fraction of sp³-hybridized carbons (Fsp3) is 0.353. The monoisotopic (exact) mass is 442 g/mol. The van der Waals surface area contributed by atoms with Gasteiger partial charge in [-0.05, 0) is 25.0 Å². The Hall–Kier alpha value is -1.90. The number of fused-ring (bicyclic) bond motifs is 1. The van der Waals surface area contributed by atoms with E-state index in [1.807, 2.05) is 0 Å². The number of nitrogens with one attached hydrogen (secondary N) is 2. The molecule has 0 saturated carbocycles. The molecule has 2 amide bonds. The second-order valence-electron chi connectivity index (χ2n) is 5.18. The van der Waals surface area contributed by atoms with E-state index >= 15 is 0 Å². The van der Waals surface area contributed by atoms with Crippen molar-refractivity contribution in [2.24, 2.45) is 4.99 Å². The Morgan fingerprint density at radius 1 is 1.17 bits per heavy atom. The molecule has 1 aromatic rings. The van der Waals surface area contributed by atoms with E-state index in [0.29, 0.717) is 30.2 Å². The van der Waals surface area contributed by atoms with Crippen LogP contribution in [0, 0.1) is 0 Å². The highest BCUT2D eigenvalue weighted by Crippen LogP contribution is 2.22. The van der Waals surface area contributed by atoms with E-state index in [2.05, 4.69) is 22.2 Å². The van der Waals surface area contributed by atoms with Gasteiger partial charge >= 0.3 is 0 Å². The summed E-state index contributed by atoms with van der Waals surface area (Å²) in [4.78, 5) is 29.8. The number of imide groups is 1. The SMILES string of the molecule is C=CCNC(=NC)NCCCCN1C(=O)c2ccccc2C1=O.I. The summed E-state index contributed by atoms with van der Waals surface area (Å²) < 4.78 is 0. The van der Waals surface area contributed by atoms with Gasteiger partial charge in [0.25, 0.3) is 11.8 Å². The second-order valence-corrected chi connectivity index (χ2v) is 5.18. The first kappa shape index (κ1) is 20.1. The second kappa shape index (κ2) is 10.1. The molecule has 1 aliphatic rings. The Labute approximate surface area is 159 Å². The van der Waals surface area contributed by atoms with Crippen LogP contribution in [0.5, 0.6) is 0 Å². The summed E-state index contributed by atoms with van der Waals surface area (Å²) in [7, 11) is 1.71. The number of carbonyl (C=O) groups is 2. The number of unbranched alkanes of at least 4 members (excludes halogenated alkanes) is 1. The highest BCUT2D eigenvalue weighted by atomic mass is 127. The van der Waals surface area contributed by atoms with Crippen molar-refractivity contribution in [2.75, 3.05) is 26.7 Å². The topological polar surface area (TPSA) is 73.8 Å². The van der Waals surface area contributed by atoms with Crippen LogP contribution < -0.4 is 10.6 Å². The molecular weight excluding hydrogens is 419 g/mol. The Balaban J connectivity index is 0.00000288. The van der Waals surface area contributed by atoms with Gasteiger partial charge in [0.05, 0.1) is 11.1 Å². The lowest BCUT2D eigenvalue weighted by atomic mass is 10.1. The van der Waals surface area contributed by atoms with E-state index in [-0.39, 0.29) is 35.8 Å². The molecule has 0 bridgehead atoms. The number of rotatable bonds is 7. The maximum absolute atomic E-state index is 12.2. The van der Waals surface area contributed by atoms with Gasteiger partial charge in [-0.3, -0.25) is 19.5 Å². The minimum Gasteiger partial charge on any atom is -0.356 e. The van der Waals surface area contributed by atoms with E-state index in [9.17, 15) is 9.59 Å². The van der Waals surface area contributed by atoms with Crippen molar-refractivity contribution in [1.29, 1.82) is 0 Å². The van der Waals surface area contributed by atoms with Crippen molar-refractivity contribution >= 4 is 41.8 Å². The third kappa shape index (κ3) is 4.80. The molecule has 1 aromatic carbocycles. The van der Waals surface area contributed by atoms with Crippen LogP contribution in [-0.4, -0.2) is 49.4 Å². The molecule has 1 aliphatic heterocycles. The lowest BCUT2D eigenvalue weighted by Crippen LogP contribution is -2.38. The average Bonchev–Trinajstić information content (AvgIpc) is 2.82. The number of carbonyl (C=O) groups excluding carboxylic acids is 2. The minimum absolute atomic E-state index is 0. The smallest absolute Gasteiger partial charge is 0.261 e. The van der Waals surface area contributed by atoms with Crippen LogP contribution in [0.2, 0.25) is 0 Å². The molecule has 0 saturated heterocycles. The third-order valence-electron chi connectivity index (χ3n) is 3.62. The van der Waals surface area contributed by atoms with Gasteiger partial charge in [-0.15, -0.1) is 30.6 Å². The van der Waals surface area contributed by atoms with Crippen molar-refractivity contribution in [3.8, 4) is 0 Å². The number of nitrogens with zero attached hydrogens (tertiary/aromatic N) is 2. The summed E-state index contributed by atoms with van der Waals surface area (Å²) in [6.45, 7) is 5.44. The number of hydrogen-bond acceptors (Lipinski definition) is 3. The Kier molecular flexibility index (Phi) is 8.45. The maximum Gasteiger partial charge on any atom is 0.261 e. The van der Waals surface area contributed by atoms with Crippen molar-refractivity contribution in [3.05, 3.63) is 48.0 Å². The van der Waals surface area contributed by atoms with E-state index in [1.165, 1.54) is 4.90 Å². The number of amides is 2. The zero-order valence-electron chi connectivity index (χ0n) is 13.7. The molecule has 0 fully saturated rings. The molecule has 7 heteroatoms. The molecule has 0 aromatic heterocycles. The molecule has 130 valence electrons. The fourth-order valence-electron chi connectivity index (χ4n) is 2.43. The number of aliphatic imine (C=N–C) groups is 1. The molecule has 2 N–H and O–H groups in total. The van der Waals surface area contributed by atoms with Crippen molar-refractivity contribution in [1.82, 2.24) is 15.5 Å². The predicted octanol–water partition coefficient (Wildman–Crippen LogP) is 2.03. The van der Waals surface area contributed by atoms with Gasteiger partial charge in [-0.25, -0.2) is 0 Å². The van der Waals surface area contributed by atoms with Crippen LogP contribution in [0.4, 0.5) is 0 Å². The van der Waals surface area contributed by atoms with Crippen LogP contribution in [0.1, 0.15) is 33.6 Å². The quantitative estimate of drug-likeness (QED) is 0.169. The molecule has 6 nitrogen and oxygen atoms in total. The third-order valence-corrected chi connectivity index (χ3v) is 3.62. The van der Waals surface area contributed by atoms with Gasteiger partial charge in [0.1, 0.15) is 0 Å². The first-order valence-corrected chi connectivity index (χ1v) is 7.69. The summed E-state index contributed by atoms with van der Waals surface area (Å²) >= 11 is 0. The zero-order chi connectivity index (χ0) is 16.7. The average molecular weight is 442 g/mol. The van der Waals surface area contributed by atoms with Crippen LogP contribution >= 0.6 is 24.0 Å². The van der Waals surface area contributed by atoms with Crippen LogP contribution in [-0.2, 0) is 0 Å². The highest BCUT2D eigenvalue weighted by Gasteiger charge is 2.34. The summed E-state index contributed by atoms with van der Waals surface area (Å²) in [5.74, 6) is 0.328. The predicted molar refractivity (Wildman–Crippen MR) is 106 cm³/mol. The molecule has 0 aliphatic carbocycles. The van der Waals surface area contributed by atoms with E-state index in [0.717, 1.165) is 19.4 Å². The fourth-order valence-corrected chi connectivity index (χ4v) is 2.43. The van der Waals surface area contributed by atoms with Gasteiger partial charge in [-0.1, -0.05) is 18.2 Å². The molecular formula is C17H23IN4O2. The van der Waals surface area contributed by atoms with Crippen LogP contribution in [0.3, 0.4) is 0 Å². The molecule has 24 heavy (non-hydrogen) atoms. The van der Waals surface area contributed by atoms with Gasteiger partial charge in [0.2, 0.25) is 0 Å². The summed E-state index contributed by atoms with van der Waals surface area (Å²) in [6.07, 6.45) is 3.34. The molecule has 2 rings (SSSR count). The number of guanidine groups is 1. The minimum atomic E-state index is -0.193. The zero-order valence-corrected chi connectivity index (χ0v) is 16.1. The van der Waals surface area contributed by atoms with Crippen LogP contribution in [0.25, 0.3) is 0 Å². The van der Waals surface area contributed by atoms with Crippen LogP contribution in [0.15, 0.2) is 41.9 Å². The normalized spacial score (nSPS) is 13.4. The first-order chi connectivity index (χ1) is 11.2. The lowest BCUT2D eigenvalue weighted by molar-refractivity contribution is 0.0652.